The maximum absolute atomic E-state index is 11.8. The van der Waals surface area contributed by atoms with Crippen LogP contribution in [0.15, 0.2) is 23.6 Å². The molecule has 0 atom stereocenters. The highest BCUT2D eigenvalue weighted by Crippen LogP contribution is 2.15. The lowest BCUT2D eigenvalue weighted by atomic mass is 10.1. The van der Waals surface area contributed by atoms with Crippen LogP contribution in [0.4, 0.5) is 5.69 Å². The van der Waals surface area contributed by atoms with E-state index in [4.69, 9.17) is 10.5 Å². The average Bonchev–Trinajstić information content (AvgIpc) is 2.75. The highest BCUT2D eigenvalue weighted by molar-refractivity contribution is 7.09. The molecular formula is C13H14N2O2S. The van der Waals surface area contributed by atoms with Crippen molar-refractivity contribution >= 4 is 23.0 Å². The second-order valence-corrected chi connectivity index (χ2v) is 4.97. The maximum Gasteiger partial charge on any atom is 0.338 e. The zero-order valence-electron chi connectivity index (χ0n) is 10.3. The van der Waals surface area contributed by atoms with E-state index in [1.54, 1.807) is 18.2 Å². The number of thiazole rings is 1. The van der Waals surface area contributed by atoms with E-state index in [0.717, 1.165) is 16.3 Å². The van der Waals surface area contributed by atoms with Gasteiger partial charge in [0.1, 0.15) is 11.6 Å². The number of hydrogen-bond acceptors (Lipinski definition) is 5. The van der Waals surface area contributed by atoms with E-state index in [2.05, 4.69) is 4.98 Å². The molecule has 0 bridgehead atoms. The topological polar surface area (TPSA) is 65.2 Å². The fraction of sp³-hybridized carbons (Fsp3) is 0.231. The third kappa shape index (κ3) is 2.87. The van der Waals surface area contributed by atoms with Gasteiger partial charge in [0.25, 0.3) is 0 Å². The Labute approximate surface area is 109 Å². The van der Waals surface area contributed by atoms with Gasteiger partial charge >= 0.3 is 5.97 Å². The Balaban J connectivity index is 2.01. The smallest absolute Gasteiger partial charge is 0.338 e. The molecule has 2 rings (SSSR count). The minimum Gasteiger partial charge on any atom is -0.455 e. The van der Waals surface area contributed by atoms with Gasteiger partial charge in [-0.05, 0) is 31.5 Å². The molecule has 0 aliphatic carbocycles. The standard InChI is InChI=1S/C13H14N2O2S/c1-8-3-4-10(5-11(8)14)13(16)17-6-12-15-9(2)7-18-12/h3-5,7H,6,14H2,1-2H3. The van der Waals surface area contributed by atoms with Crippen molar-refractivity contribution in [3.63, 3.8) is 0 Å². The molecule has 0 radical (unpaired) electrons. The van der Waals surface area contributed by atoms with Crippen molar-refractivity contribution in [3.05, 3.63) is 45.4 Å². The predicted molar refractivity (Wildman–Crippen MR) is 71.6 cm³/mol. The van der Waals surface area contributed by atoms with Crippen LogP contribution in [-0.2, 0) is 11.3 Å². The molecule has 2 N–H and O–H groups in total. The number of ether oxygens (including phenoxy) is 1. The number of nitrogen functional groups attached to an aromatic ring is 1. The molecule has 0 unspecified atom stereocenters. The Hall–Kier alpha value is -1.88. The molecule has 1 aromatic carbocycles. The van der Waals surface area contributed by atoms with Gasteiger partial charge in [0, 0.05) is 16.8 Å². The van der Waals surface area contributed by atoms with Crippen molar-refractivity contribution in [2.24, 2.45) is 0 Å². The molecule has 4 nitrogen and oxygen atoms in total. The van der Waals surface area contributed by atoms with E-state index in [-0.39, 0.29) is 12.6 Å². The van der Waals surface area contributed by atoms with E-state index in [1.807, 2.05) is 19.2 Å². The molecule has 1 heterocycles. The molecule has 2 aromatic rings. The summed E-state index contributed by atoms with van der Waals surface area (Å²) in [5.41, 5.74) is 8.69. The zero-order chi connectivity index (χ0) is 13.1. The number of aromatic nitrogens is 1. The number of aryl methyl sites for hydroxylation is 2. The van der Waals surface area contributed by atoms with Crippen LogP contribution in [0.2, 0.25) is 0 Å². The van der Waals surface area contributed by atoms with Crippen LogP contribution in [0.5, 0.6) is 0 Å². The molecule has 94 valence electrons. The molecular weight excluding hydrogens is 248 g/mol. The van der Waals surface area contributed by atoms with Gasteiger partial charge < -0.3 is 10.5 Å². The van der Waals surface area contributed by atoms with Crippen molar-refractivity contribution in [1.29, 1.82) is 0 Å². The summed E-state index contributed by atoms with van der Waals surface area (Å²) in [6, 6.07) is 5.14. The summed E-state index contributed by atoms with van der Waals surface area (Å²) in [7, 11) is 0. The fourth-order valence-corrected chi connectivity index (χ4v) is 2.13. The molecule has 0 spiro atoms. The van der Waals surface area contributed by atoms with Crippen LogP contribution in [0.1, 0.15) is 26.6 Å². The van der Waals surface area contributed by atoms with Crippen molar-refractivity contribution in [1.82, 2.24) is 4.98 Å². The molecule has 0 fully saturated rings. The quantitative estimate of drug-likeness (QED) is 0.682. The SMILES string of the molecule is Cc1csc(COC(=O)c2ccc(C)c(N)c2)n1. The molecule has 5 heteroatoms. The fourth-order valence-electron chi connectivity index (χ4n) is 1.45. The summed E-state index contributed by atoms with van der Waals surface area (Å²) in [6.45, 7) is 4.00. The molecule has 0 aliphatic rings. The third-order valence-electron chi connectivity index (χ3n) is 2.51. The van der Waals surface area contributed by atoms with Crippen LogP contribution in [0.25, 0.3) is 0 Å². The number of rotatable bonds is 3. The van der Waals surface area contributed by atoms with E-state index in [1.165, 1.54) is 11.3 Å². The number of esters is 1. The lowest BCUT2D eigenvalue weighted by molar-refractivity contribution is 0.0472. The Bertz CT molecular complexity index is 578. The summed E-state index contributed by atoms with van der Waals surface area (Å²) in [5, 5.41) is 2.72. The van der Waals surface area contributed by atoms with Gasteiger partial charge in [-0.2, -0.15) is 0 Å². The zero-order valence-corrected chi connectivity index (χ0v) is 11.1. The van der Waals surface area contributed by atoms with Crippen LogP contribution < -0.4 is 5.73 Å². The van der Waals surface area contributed by atoms with Gasteiger partial charge in [-0.1, -0.05) is 6.07 Å². The first-order valence-electron chi connectivity index (χ1n) is 5.50. The second-order valence-electron chi connectivity index (χ2n) is 4.03. The van der Waals surface area contributed by atoms with E-state index in [9.17, 15) is 4.79 Å². The minimum absolute atomic E-state index is 0.200. The lowest BCUT2D eigenvalue weighted by Gasteiger charge is -2.05. The Morgan fingerprint density at radius 3 is 2.83 bits per heavy atom. The summed E-state index contributed by atoms with van der Waals surface area (Å²) < 4.78 is 5.18. The van der Waals surface area contributed by atoms with Crippen molar-refractivity contribution in [2.75, 3.05) is 5.73 Å². The monoisotopic (exact) mass is 262 g/mol. The molecule has 0 amide bonds. The van der Waals surface area contributed by atoms with E-state index < -0.39 is 0 Å². The molecule has 0 saturated heterocycles. The number of carbonyl (C=O) groups is 1. The number of nitrogens with two attached hydrogens (primary N) is 1. The van der Waals surface area contributed by atoms with E-state index in [0.29, 0.717) is 11.3 Å². The molecule has 1 aromatic heterocycles. The summed E-state index contributed by atoms with van der Waals surface area (Å²) >= 11 is 1.48. The predicted octanol–water partition coefficient (Wildman–Crippen LogP) is 2.70. The number of nitrogens with zero attached hydrogens (tertiary/aromatic N) is 1. The third-order valence-corrected chi connectivity index (χ3v) is 3.45. The Morgan fingerprint density at radius 1 is 1.44 bits per heavy atom. The van der Waals surface area contributed by atoms with Gasteiger partial charge in [-0.3, -0.25) is 0 Å². The maximum atomic E-state index is 11.8. The van der Waals surface area contributed by atoms with Crippen LogP contribution >= 0.6 is 11.3 Å². The van der Waals surface area contributed by atoms with Gasteiger partial charge in [-0.25, -0.2) is 9.78 Å². The highest BCUT2D eigenvalue weighted by atomic mass is 32.1. The second kappa shape index (κ2) is 5.18. The minimum atomic E-state index is -0.380. The summed E-state index contributed by atoms with van der Waals surface area (Å²) in [6.07, 6.45) is 0. The number of carbonyl (C=O) groups excluding carboxylic acids is 1. The molecule has 0 aliphatic heterocycles. The van der Waals surface area contributed by atoms with Crippen LogP contribution in [0.3, 0.4) is 0 Å². The highest BCUT2D eigenvalue weighted by Gasteiger charge is 2.09. The van der Waals surface area contributed by atoms with Gasteiger partial charge in [0.05, 0.1) is 5.56 Å². The first-order chi connectivity index (χ1) is 8.56. The van der Waals surface area contributed by atoms with Crippen LogP contribution in [-0.4, -0.2) is 11.0 Å². The Kier molecular flexibility index (Phi) is 3.62. The average molecular weight is 262 g/mol. The summed E-state index contributed by atoms with van der Waals surface area (Å²) in [4.78, 5) is 16.0. The largest absolute Gasteiger partial charge is 0.455 e. The number of hydrogen-bond donors (Lipinski definition) is 1. The van der Waals surface area contributed by atoms with Gasteiger partial charge in [-0.15, -0.1) is 11.3 Å². The van der Waals surface area contributed by atoms with Gasteiger partial charge in [0.15, 0.2) is 0 Å². The van der Waals surface area contributed by atoms with Gasteiger partial charge in [0.2, 0.25) is 0 Å². The lowest BCUT2D eigenvalue weighted by Crippen LogP contribution is -2.06. The van der Waals surface area contributed by atoms with Crippen LogP contribution in [0, 0.1) is 13.8 Å². The molecule has 0 saturated carbocycles. The summed E-state index contributed by atoms with van der Waals surface area (Å²) in [5.74, 6) is -0.380. The first kappa shape index (κ1) is 12.6. The van der Waals surface area contributed by atoms with E-state index >= 15 is 0 Å². The van der Waals surface area contributed by atoms with Crippen molar-refractivity contribution in [3.8, 4) is 0 Å². The first-order valence-corrected chi connectivity index (χ1v) is 6.38. The van der Waals surface area contributed by atoms with Crippen molar-refractivity contribution in [2.45, 2.75) is 20.5 Å². The molecule has 18 heavy (non-hydrogen) atoms. The van der Waals surface area contributed by atoms with Crippen molar-refractivity contribution < 1.29 is 9.53 Å². The normalized spacial score (nSPS) is 10.3. The number of benzene rings is 1. The number of anilines is 1. The Morgan fingerprint density at radius 2 is 2.22 bits per heavy atom.